The highest BCUT2D eigenvalue weighted by atomic mass is 19.1. The second-order valence-corrected chi connectivity index (χ2v) is 9.10. The molecule has 0 radical (unpaired) electrons. The minimum Gasteiger partial charge on any atom is -0.388 e. The van der Waals surface area contributed by atoms with E-state index in [2.05, 4.69) is 16.7 Å². The molecule has 1 heterocycles. The third-order valence-electron chi connectivity index (χ3n) is 5.99. The Morgan fingerprint density at radius 2 is 1.70 bits per heavy atom. The van der Waals surface area contributed by atoms with Gasteiger partial charge in [-0.3, -0.25) is 4.79 Å². The lowest BCUT2D eigenvalue weighted by molar-refractivity contribution is -0.125. The highest BCUT2D eigenvalue weighted by molar-refractivity contribution is 5.87. The number of urea groups is 1. The zero-order chi connectivity index (χ0) is 23.8. The number of hydrogen-bond donors (Lipinski definition) is 3. The van der Waals surface area contributed by atoms with E-state index in [9.17, 15) is 19.1 Å². The Morgan fingerprint density at radius 1 is 1.03 bits per heavy atom. The smallest absolute Gasteiger partial charge is 0.318 e. The van der Waals surface area contributed by atoms with Gasteiger partial charge in [-0.25, -0.2) is 9.18 Å². The van der Waals surface area contributed by atoms with Crippen LogP contribution in [0, 0.1) is 5.92 Å². The zero-order valence-electron chi connectivity index (χ0n) is 19.3. The molecule has 0 bridgehead atoms. The van der Waals surface area contributed by atoms with Gasteiger partial charge in [0.05, 0.1) is 6.04 Å². The zero-order valence-corrected chi connectivity index (χ0v) is 19.3. The molecule has 178 valence electrons. The molecule has 0 aliphatic carbocycles. The van der Waals surface area contributed by atoms with Crippen LogP contribution in [0.3, 0.4) is 0 Å². The molecule has 0 aromatic heterocycles. The standard InChI is InChI=1S/C26H34FN3O3/c1-18(2)14-23(29-26(33)30-13-12-20-10-6-7-11-21(20)17-30)25(32)28-22(24(31)16-27)15-19-8-4-3-5-9-19/h3-11,18,22-24,31H,12-17H2,1-2H3,(H,28,32)(H,29,33)/t22?,23-,24?/m0/s1. The van der Waals surface area contributed by atoms with Crippen LogP contribution in [0.2, 0.25) is 0 Å². The van der Waals surface area contributed by atoms with Gasteiger partial charge in [0.2, 0.25) is 5.91 Å². The Morgan fingerprint density at radius 3 is 2.36 bits per heavy atom. The van der Waals surface area contributed by atoms with Crippen molar-refractivity contribution in [3.05, 3.63) is 71.3 Å². The van der Waals surface area contributed by atoms with Crippen molar-refractivity contribution in [2.24, 2.45) is 5.92 Å². The molecule has 2 aromatic rings. The average Bonchev–Trinajstić information content (AvgIpc) is 2.82. The van der Waals surface area contributed by atoms with E-state index in [1.54, 1.807) is 4.90 Å². The SMILES string of the molecule is CC(C)C[C@H](NC(=O)N1CCc2ccccc2C1)C(=O)NC(Cc1ccccc1)C(O)CF. The van der Waals surface area contributed by atoms with E-state index in [1.807, 2.05) is 62.4 Å². The first-order chi connectivity index (χ1) is 15.9. The average molecular weight is 456 g/mol. The fourth-order valence-electron chi connectivity index (χ4n) is 4.15. The molecule has 3 N–H and O–H groups in total. The van der Waals surface area contributed by atoms with E-state index < -0.39 is 30.8 Å². The van der Waals surface area contributed by atoms with Crippen LogP contribution in [0.1, 0.15) is 37.0 Å². The molecule has 3 atom stereocenters. The molecule has 7 heteroatoms. The van der Waals surface area contributed by atoms with E-state index in [0.29, 0.717) is 25.9 Å². The van der Waals surface area contributed by atoms with Crippen molar-refractivity contribution in [1.82, 2.24) is 15.5 Å². The molecular formula is C26H34FN3O3. The van der Waals surface area contributed by atoms with Crippen LogP contribution >= 0.6 is 0 Å². The predicted molar refractivity (Wildman–Crippen MR) is 126 cm³/mol. The fourth-order valence-corrected chi connectivity index (χ4v) is 4.15. The highest BCUT2D eigenvalue weighted by Gasteiger charge is 2.29. The summed E-state index contributed by atoms with van der Waals surface area (Å²) in [5.41, 5.74) is 3.23. The summed E-state index contributed by atoms with van der Waals surface area (Å²) in [7, 11) is 0. The molecule has 0 saturated carbocycles. The molecule has 0 spiro atoms. The Bertz CT molecular complexity index is 922. The van der Waals surface area contributed by atoms with E-state index in [4.69, 9.17) is 0 Å². The van der Waals surface area contributed by atoms with Crippen molar-refractivity contribution >= 4 is 11.9 Å². The lowest BCUT2D eigenvalue weighted by Crippen LogP contribution is -2.56. The normalized spacial score (nSPS) is 16.0. The van der Waals surface area contributed by atoms with Crippen LogP contribution in [0.4, 0.5) is 9.18 Å². The van der Waals surface area contributed by atoms with E-state index >= 15 is 0 Å². The summed E-state index contributed by atoms with van der Waals surface area (Å²) in [6.45, 7) is 4.06. The van der Waals surface area contributed by atoms with Crippen molar-refractivity contribution in [3.8, 4) is 0 Å². The van der Waals surface area contributed by atoms with Gasteiger partial charge in [0.25, 0.3) is 0 Å². The quantitative estimate of drug-likeness (QED) is 0.543. The number of amides is 3. The van der Waals surface area contributed by atoms with Crippen molar-refractivity contribution in [2.45, 2.75) is 57.8 Å². The second-order valence-electron chi connectivity index (χ2n) is 9.10. The maximum Gasteiger partial charge on any atom is 0.318 e. The lowest BCUT2D eigenvalue weighted by atomic mass is 9.99. The first-order valence-corrected chi connectivity index (χ1v) is 11.6. The number of carbonyl (C=O) groups excluding carboxylic acids is 2. The molecule has 33 heavy (non-hydrogen) atoms. The summed E-state index contributed by atoms with van der Waals surface area (Å²) in [5.74, 6) is -0.260. The Balaban J connectivity index is 1.67. The third kappa shape index (κ3) is 7.02. The van der Waals surface area contributed by atoms with E-state index in [0.717, 1.165) is 17.5 Å². The van der Waals surface area contributed by atoms with Crippen LogP contribution in [-0.4, -0.2) is 53.4 Å². The van der Waals surface area contributed by atoms with Gasteiger partial charge >= 0.3 is 6.03 Å². The number of aliphatic hydroxyl groups excluding tert-OH is 1. The fraction of sp³-hybridized carbons (Fsp3) is 0.462. The van der Waals surface area contributed by atoms with Gasteiger partial charge in [0.1, 0.15) is 18.8 Å². The molecule has 3 rings (SSSR count). The van der Waals surface area contributed by atoms with Crippen LogP contribution in [-0.2, 0) is 24.2 Å². The Kier molecular flexibility index (Phi) is 8.83. The number of benzene rings is 2. The monoisotopic (exact) mass is 455 g/mol. The van der Waals surface area contributed by atoms with Crippen LogP contribution in [0.15, 0.2) is 54.6 Å². The number of nitrogens with zero attached hydrogens (tertiary/aromatic N) is 1. The van der Waals surface area contributed by atoms with E-state index in [1.165, 1.54) is 5.56 Å². The topological polar surface area (TPSA) is 81.7 Å². The second kappa shape index (κ2) is 11.8. The Labute approximate surface area is 195 Å². The number of halogens is 1. The van der Waals surface area contributed by atoms with Crippen molar-refractivity contribution < 1.29 is 19.1 Å². The van der Waals surface area contributed by atoms with Gasteiger partial charge < -0.3 is 20.6 Å². The van der Waals surface area contributed by atoms with Crippen LogP contribution < -0.4 is 10.6 Å². The van der Waals surface area contributed by atoms with Gasteiger partial charge in [-0.05, 0) is 41.9 Å². The van der Waals surface area contributed by atoms with E-state index in [-0.39, 0.29) is 11.9 Å². The van der Waals surface area contributed by atoms with Crippen molar-refractivity contribution in [2.75, 3.05) is 13.2 Å². The number of nitrogens with one attached hydrogen (secondary N) is 2. The number of aliphatic hydroxyl groups is 1. The summed E-state index contributed by atoms with van der Waals surface area (Å²) in [6.07, 6.45) is 0.171. The number of alkyl halides is 1. The van der Waals surface area contributed by atoms with Gasteiger partial charge in [0, 0.05) is 13.1 Å². The maximum absolute atomic E-state index is 13.3. The highest BCUT2D eigenvalue weighted by Crippen LogP contribution is 2.19. The number of fused-ring (bicyclic) bond motifs is 1. The van der Waals surface area contributed by atoms with Gasteiger partial charge in [-0.15, -0.1) is 0 Å². The summed E-state index contributed by atoms with van der Waals surface area (Å²) in [4.78, 5) is 27.8. The van der Waals surface area contributed by atoms with Crippen molar-refractivity contribution in [1.29, 1.82) is 0 Å². The molecule has 6 nitrogen and oxygen atoms in total. The van der Waals surface area contributed by atoms with Crippen LogP contribution in [0.5, 0.6) is 0 Å². The predicted octanol–water partition coefficient (Wildman–Crippen LogP) is 3.23. The number of hydrogen-bond acceptors (Lipinski definition) is 3. The minimum absolute atomic E-state index is 0.154. The molecule has 3 amide bonds. The molecule has 0 saturated heterocycles. The van der Waals surface area contributed by atoms with Gasteiger partial charge in [-0.1, -0.05) is 68.4 Å². The molecule has 1 aliphatic rings. The minimum atomic E-state index is -1.33. The van der Waals surface area contributed by atoms with Crippen LogP contribution in [0.25, 0.3) is 0 Å². The van der Waals surface area contributed by atoms with Gasteiger partial charge in [-0.2, -0.15) is 0 Å². The largest absolute Gasteiger partial charge is 0.388 e. The molecule has 0 fully saturated rings. The molecule has 2 unspecified atom stereocenters. The first-order valence-electron chi connectivity index (χ1n) is 11.6. The molecule has 2 aromatic carbocycles. The number of carbonyl (C=O) groups is 2. The van der Waals surface area contributed by atoms with Crippen molar-refractivity contribution in [3.63, 3.8) is 0 Å². The summed E-state index contributed by atoms with van der Waals surface area (Å²) in [5, 5.41) is 15.8. The summed E-state index contributed by atoms with van der Waals surface area (Å²) < 4.78 is 13.3. The lowest BCUT2D eigenvalue weighted by Gasteiger charge is -2.31. The summed E-state index contributed by atoms with van der Waals surface area (Å²) in [6, 6.07) is 15.5. The Hall–Kier alpha value is -2.93. The first kappa shape index (κ1) is 24.7. The van der Waals surface area contributed by atoms with Gasteiger partial charge in [0.15, 0.2) is 0 Å². The molecular weight excluding hydrogens is 421 g/mol. The summed E-state index contributed by atoms with van der Waals surface area (Å²) >= 11 is 0. The third-order valence-corrected chi connectivity index (χ3v) is 5.99. The maximum atomic E-state index is 13.3. The number of rotatable bonds is 9. The molecule has 1 aliphatic heterocycles.